The summed E-state index contributed by atoms with van der Waals surface area (Å²) in [7, 11) is 0. The maximum atomic E-state index is 11.8. The summed E-state index contributed by atoms with van der Waals surface area (Å²) in [6.45, 7) is 3.38. The number of rotatable bonds is 6. The normalized spacial score (nSPS) is 12.2. The molecule has 6 heteroatoms. The highest BCUT2D eigenvalue weighted by molar-refractivity contribution is 7.12. The summed E-state index contributed by atoms with van der Waals surface area (Å²) < 4.78 is 16.3. The Kier molecular flexibility index (Phi) is 4.48. The number of amides is 1. The fourth-order valence-corrected chi connectivity index (χ4v) is 2.84. The Hall–Kier alpha value is -2.21. The molecular weight excluding hydrogens is 302 g/mol. The average Bonchev–Trinajstić information content (AvgIpc) is 3.18. The predicted octanol–water partition coefficient (Wildman–Crippen LogP) is 3.20. The van der Waals surface area contributed by atoms with Crippen LogP contribution in [-0.2, 0) is 6.61 Å². The standard InChI is InChI=1S/C16H17NO4S/c1-2-5-17-16(18)15-6-11(9-22-15)8-19-12-3-4-13-14(7-12)21-10-20-13/h3-4,6-7,9H,2,5,8,10H2,1H3,(H,17,18). The first-order valence-corrected chi connectivity index (χ1v) is 8.02. The van der Waals surface area contributed by atoms with Gasteiger partial charge < -0.3 is 19.5 Å². The van der Waals surface area contributed by atoms with E-state index >= 15 is 0 Å². The van der Waals surface area contributed by atoms with Gasteiger partial charge >= 0.3 is 0 Å². The second-order valence-corrected chi connectivity index (χ2v) is 5.79. The van der Waals surface area contributed by atoms with Crippen LogP contribution in [0.3, 0.4) is 0 Å². The van der Waals surface area contributed by atoms with E-state index in [-0.39, 0.29) is 12.7 Å². The number of benzene rings is 1. The van der Waals surface area contributed by atoms with Gasteiger partial charge in [0, 0.05) is 18.2 Å². The number of fused-ring (bicyclic) bond motifs is 1. The molecule has 0 atom stereocenters. The molecule has 116 valence electrons. The van der Waals surface area contributed by atoms with E-state index in [4.69, 9.17) is 14.2 Å². The molecular formula is C16H17NO4S. The van der Waals surface area contributed by atoms with E-state index < -0.39 is 0 Å². The first kappa shape index (κ1) is 14.7. The highest BCUT2D eigenvalue weighted by Gasteiger charge is 2.14. The minimum atomic E-state index is -0.0267. The van der Waals surface area contributed by atoms with Gasteiger partial charge in [-0.2, -0.15) is 0 Å². The van der Waals surface area contributed by atoms with Crippen LogP contribution in [0.25, 0.3) is 0 Å². The molecule has 1 N–H and O–H groups in total. The second kappa shape index (κ2) is 6.70. The smallest absolute Gasteiger partial charge is 0.261 e. The van der Waals surface area contributed by atoms with Crippen molar-refractivity contribution in [2.45, 2.75) is 20.0 Å². The third-order valence-corrected chi connectivity index (χ3v) is 4.14. The van der Waals surface area contributed by atoms with Gasteiger partial charge in [-0.1, -0.05) is 6.92 Å². The average molecular weight is 319 g/mol. The molecule has 1 aromatic heterocycles. The van der Waals surface area contributed by atoms with Gasteiger partial charge in [0.05, 0.1) is 4.88 Å². The molecule has 2 heterocycles. The summed E-state index contributed by atoms with van der Waals surface area (Å²) in [5.74, 6) is 2.12. The van der Waals surface area contributed by atoms with E-state index in [9.17, 15) is 4.79 Å². The maximum Gasteiger partial charge on any atom is 0.261 e. The zero-order valence-corrected chi connectivity index (χ0v) is 13.1. The third kappa shape index (κ3) is 3.33. The van der Waals surface area contributed by atoms with Gasteiger partial charge in [0.25, 0.3) is 5.91 Å². The van der Waals surface area contributed by atoms with Crippen LogP contribution in [0.5, 0.6) is 17.2 Å². The van der Waals surface area contributed by atoms with Gasteiger partial charge in [-0.25, -0.2) is 0 Å². The van der Waals surface area contributed by atoms with E-state index in [1.54, 1.807) is 0 Å². The molecule has 3 rings (SSSR count). The largest absolute Gasteiger partial charge is 0.489 e. The number of thiophene rings is 1. The minimum absolute atomic E-state index is 0.0267. The highest BCUT2D eigenvalue weighted by Crippen LogP contribution is 2.35. The molecule has 0 aliphatic carbocycles. The molecule has 0 fully saturated rings. The summed E-state index contributed by atoms with van der Waals surface area (Å²) in [6.07, 6.45) is 0.928. The van der Waals surface area contributed by atoms with Crippen LogP contribution in [-0.4, -0.2) is 19.2 Å². The van der Waals surface area contributed by atoms with Crippen molar-refractivity contribution in [1.82, 2.24) is 5.32 Å². The van der Waals surface area contributed by atoms with Gasteiger partial charge in [-0.3, -0.25) is 4.79 Å². The molecule has 0 spiro atoms. The zero-order valence-electron chi connectivity index (χ0n) is 12.3. The monoisotopic (exact) mass is 319 g/mol. The molecule has 1 amide bonds. The van der Waals surface area contributed by atoms with Crippen LogP contribution in [0.2, 0.25) is 0 Å². The first-order valence-electron chi connectivity index (χ1n) is 7.14. The van der Waals surface area contributed by atoms with Crippen molar-refractivity contribution in [3.8, 4) is 17.2 Å². The predicted molar refractivity (Wildman–Crippen MR) is 83.8 cm³/mol. The van der Waals surface area contributed by atoms with Crippen LogP contribution in [0.1, 0.15) is 28.6 Å². The second-order valence-electron chi connectivity index (χ2n) is 4.88. The lowest BCUT2D eigenvalue weighted by Gasteiger charge is -2.05. The van der Waals surface area contributed by atoms with E-state index in [0.29, 0.717) is 29.5 Å². The molecule has 0 saturated heterocycles. The summed E-state index contributed by atoms with van der Waals surface area (Å²) in [4.78, 5) is 12.6. The number of hydrogen-bond acceptors (Lipinski definition) is 5. The summed E-state index contributed by atoms with van der Waals surface area (Å²) in [5.41, 5.74) is 0.976. The lowest BCUT2D eigenvalue weighted by Crippen LogP contribution is -2.22. The molecule has 2 aromatic rings. The van der Waals surface area contributed by atoms with Crippen LogP contribution in [0.15, 0.2) is 29.6 Å². The SMILES string of the molecule is CCCNC(=O)c1cc(COc2ccc3c(c2)OCO3)cs1. The fourth-order valence-electron chi connectivity index (χ4n) is 2.03. The molecule has 5 nitrogen and oxygen atoms in total. The van der Waals surface area contributed by atoms with Gasteiger partial charge in [0.1, 0.15) is 12.4 Å². The Bertz CT molecular complexity index is 668. The molecule has 1 aliphatic rings. The Morgan fingerprint density at radius 3 is 3.05 bits per heavy atom. The number of ether oxygens (including phenoxy) is 3. The van der Waals surface area contributed by atoms with Gasteiger partial charge in [0.2, 0.25) is 6.79 Å². The Morgan fingerprint density at radius 2 is 2.18 bits per heavy atom. The molecule has 0 unspecified atom stereocenters. The molecule has 0 radical (unpaired) electrons. The van der Waals surface area contributed by atoms with Gasteiger partial charge in [0.15, 0.2) is 11.5 Å². The zero-order chi connectivity index (χ0) is 15.4. The van der Waals surface area contributed by atoms with Crippen molar-refractivity contribution < 1.29 is 19.0 Å². The van der Waals surface area contributed by atoms with E-state index in [2.05, 4.69) is 5.32 Å². The van der Waals surface area contributed by atoms with Crippen molar-refractivity contribution >= 4 is 17.2 Å². The lowest BCUT2D eigenvalue weighted by atomic mass is 10.3. The van der Waals surface area contributed by atoms with E-state index in [0.717, 1.165) is 17.7 Å². The van der Waals surface area contributed by atoms with E-state index in [1.807, 2.05) is 36.6 Å². The molecule has 0 saturated carbocycles. The topological polar surface area (TPSA) is 56.8 Å². The highest BCUT2D eigenvalue weighted by atomic mass is 32.1. The quantitative estimate of drug-likeness (QED) is 0.888. The number of hydrogen-bond donors (Lipinski definition) is 1. The van der Waals surface area contributed by atoms with Crippen LogP contribution >= 0.6 is 11.3 Å². The van der Waals surface area contributed by atoms with Gasteiger partial charge in [-0.05, 0) is 30.0 Å². The lowest BCUT2D eigenvalue weighted by molar-refractivity contribution is 0.0957. The van der Waals surface area contributed by atoms with E-state index in [1.165, 1.54) is 11.3 Å². The molecule has 22 heavy (non-hydrogen) atoms. The fraction of sp³-hybridized carbons (Fsp3) is 0.312. The summed E-state index contributed by atoms with van der Waals surface area (Å²) in [5, 5.41) is 4.80. The Balaban J connectivity index is 1.58. The Labute approximate surface area is 132 Å². The van der Waals surface area contributed by atoms with Crippen molar-refractivity contribution in [2.24, 2.45) is 0 Å². The van der Waals surface area contributed by atoms with Crippen molar-refractivity contribution in [2.75, 3.05) is 13.3 Å². The molecule has 1 aliphatic heterocycles. The first-order chi connectivity index (χ1) is 10.8. The van der Waals surface area contributed by atoms with Crippen LogP contribution in [0, 0.1) is 0 Å². The third-order valence-electron chi connectivity index (χ3n) is 3.16. The number of nitrogens with one attached hydrogen (secondary N) is 1. The maximum absolute atomic E-state index is 11.8. The summed E-state index contributed by atoms with van der Waals surface area (Å²) >= 11 is 1.43. The number of carbonyl (C=O) groups is 1. The van der Waals surface area contributed by atoms with Crippen LogP contribution < -0.4 is 19.5 Å². The molecule has 1 aromatic carbocycles. The Morgan fingerprint density at radius 1 is 1.32 bits per heavy atom. The van der Waals surface area contributed by atoms with Crippen molar-refractivity contribution in [1.29, 1.82) is 0 Å². The van der Waals surface area contributed by atoms with Crippen LogP contribution in [0.4, 0.5) is 0 Å². The van der Waals surface area contributed by atoms with Crippen molar-refractivity contribution in [3.05, 3.63) is 40.1 Å². The summed E-state index contributed by atoms with van der Waals surface area (Å²) in [6, 6.07) is 7.34. The van der Waals surface area contributed by atoms with Crippen molar-refractivity contribution in [3.63, 3.8) is 0 Å². The van der Waals surface area contributed by atoms with Gasteiger partial charge in [-0.15, -0.1) is 11.3 Å². The number of carbonyl (C=O) groups excluding carboxylic acids is 1. The molecule has 0 bridgehead atoms. The minimum Gasteiger partial charge on any atom is -0.489 e.